The number of amides is 1. The SMILES string of the molecule is COC(=O)[C@@H]1C[C@@]2(C(=O)Nc3ccccc32)[C@@H]2CC[C@@]3(OC)C=CC(=O)C[C@H]3C21. The van der Waals surface area contributed by atoms with Crippen LogP contribution in [0.3, 0.4) is 0 Å². The number of esters is 1. The molecule has 1 aromatic carbocycles. The number of hydrogen-bond acceptors (Lipinski definition) is 5. The van der Waals surface area contributed by atoms with E-state index >= 15 is 0 Å². The zero-order chi connectivity index (χ0) is 20.4. The fraction of sp³-hybridized carbons (Fsp3) is 0.522. The highest BCUT2D eigenvalue weighted by Crippen LogP contribution is 2.65. The average molecular weight is 395 g/mol. The number of methoxy groups -OCH3 is 2. The van der Waals surface area contributed by atoms with Crippen LogP contribution >= 0.6 is 0 Å². The molecule has 0 aromatic heterocycles. The van der Waals surface area contributed by atoms with Gasteiger partial charge >= 0.3 is 5.97 Å². The monoisotopic (exact) mass is 395 g/mol. The number of rotatable bonds is 2. The maximum Gasteiger partial charge on any atom is 0.309 e. The lowest BCUT2D eigenvalue weighted by Crippen LogP contribution is -2.54. The van der Waals surface area contributed by atoms with E-state index in [4.69, 9.17) is 9.47 Å². The Balaban J connectivity index is 1.67. The number of carbonyl (C=O) groups excluding carboxylic acids is 3. The summed E-state index contributed by atoms with van der Waals surface area (Å²) in [6, 6.07) is 7.76. The summed E-state index contributed by atoms with van der Waals surface area (Å²) in [4.78, 5) is 38.6. The zero-order valence-electron chi connectivity index (χ0n) is 16.6. The van der Waals surface area contributed by atoms with Crippen LogP contribution in [0.15, 0.2) is 36.4 Å². The van der Waals surface area contributed by atoms with E-state index in [0.29, 0.717) is 12.8 Å². The average Bonchev–Trinajstić information content (AvgIpc) is 3.24. The molecule has 2 fully saturated rings. The second-order valence-corrected chi connectivity index (χ2v) is 8.80. The van der Waals surface area contributed by atoms with Crippen LogP contribution in [0.1, 0.15) is 31.2 Å². The minimum atomic E-state index is -0.760. The van der Waals surface area contributed by atoms with Gasteiger partial charge in [-0.3, -0.25) is 14.4 Å². The van der Waals surface area contributed by atoms with Crippen molar-refractivity contribution in [1.29, 1.82) is 0 Å². The first-order chi connectivity index (χ1) is 14.0. The molecule has 6 atom stereocenters. The summed E-state index contributed by atoms with van der Waals surface area (Å²) < 4.78 is 11.1. The van der Waals surface area contributed by atoms with Gasteiger partial charge in [0.2, 0.25) is 5.91 Å². The predicted molar refractivity (Wildman–Crippen MR) is 105 cm³/mol. The number of hydrogen-bond donors (Lipinski definition) is 1. The van der Waals surface area contributed by atoms with E-state index in [1.54, 1.807) is 13.2 Å². The van der Waals surface area contributed by atoms with Crippen LogP contribution in [0.5, 0.6) is 0 Å². The van der Waals surface area contributed by atoms with Crippen molar-refractivity contribution in [2.45, 2.75) is 36.7 Å². The van der Waals surface area contributed by atoms with Gasteiger partial charge in [-0.15, -0.1) is 0 Å². The first kappa shape index (κ1) is 18.6. The number of ether oxygens (including phenoxy) is 2. The summed E-state index contributed by atoms with van der Waals surface area (Å²) in [5.41, 5.74) is 0.463. The molecule has 29 heavy (non-hydrogen) atoms. The number of ketones is 1. The van der Waals surface area contributed by atoms with Crippen LogP contribution < -0.4 is 5.32 Å². The van der Waals surface area contributed by atoms with Crippen molar-refractivity contribution in [3.8, 4) is 0 Å². The highest BCUT2D eigenvalue weighted by atomic mass is 16.5. The molecule has 1 amide bonds. The third kappa shape index (κ3) is 2.29. The van der Waals surface area contributed by atoms with Crippen molar-refractivity contribution in [2.24, 2.45) is 23.7 Å². The summed E-state index contributed by atoms with van der Waals surface area (Å²) in [6.07, 6.45) is 5.70. The van der Waals surface area contributed by atoms with E-state index < -0.39 is 16.9 Å². The lowest BCUT2D eigenvalue weighted by atomic mass is 9.56. The molecule has 5 rings (SSSR count). The molecule has 0 saturated heterocycles. The summed E-state index contributed by atoms with van der Waals surface area (Å²) in [5.74, 6) is -1.08. The number of fused-ring (bicyclic) bond motifs is 6. The number of anilines is 1. The highest BCUT2D eigenvalue weighted by Gasteiger charge is 2.68. The van der Waals surface area contributed by atoms with Gasteiger partial charge in [0, 0.05) is 25.1 Å². The van der Waals surface area contributed by atoms with Gasteiger partial charge in [0.05, 0.1) is 24.0 Å². The molecule has 6 heteroatoms. The molecule has 0 bridgehead atoms. The summed E-state index contributed by atoms with van der Waals surface area (Å²) >= 11 is 0. The molecule has 0 radical (unpaired) electrons. The van der Waals surface area contributed by atoms with Gasteiger partial charge in [0.15, 0.2) is 5.78 Å². The van der Waals surface area contributed by atoms with Crippen LogP contribution in [-0.4, -0.2) is 37.5 Å². The van der Waals surface area contributed by atoms with Gasteiger partial charge in [-0.25, -0.2) is 0 Å². The van der Waals surface area contributed by atoms with E-state index in [1.807, 2.05) is 30.3 Å². The Morgan fingerprint density at radius 1 is 1.17 bits per heavy atom. The van der Waals surface area contributed by atoms with E-state index in [9.17, 15) is 14.4 Å². The quantitative estimate of drug-likeness (QED) is 0.779. The zero-order valence-corrected chi connectivity index (χ0v) is 16.6. The van der Waals surface area contributed by atoms with Gasteiger partial charge in [-0.05, 0) is 54.9 Å². The molecule has 1 aliphatic heterocycles. The minimum Gasteiger partial charge on any atom is -0.469 e. The number of benzene rings is 1. The Bertz CT molecular complexity index is 939. The van der Waals surface area contributed by atoms with Crippen LogP contribution in [0, 0.1) is 23.7 Å². The van der Waals surface area contributed by atoms with E-state index in [1.165, 1.54) is 7.11 Å². The molecule has 1 heterocycles. The van der Waals surface area contributed by atoms with Crippen LogP contribution in [0.25, 0.3) is 0 Å². The lowest BCUT2D eigenvalue weighted by molar-refractivity contribution is -0.154. The fourth-order valence-electron chi connectivity index (χ4n) is 6.79. The van der Waals surface area contributed by atoms with Gasteiger partial charge in [0.25, 0.3) is 0 Å². The van der Waals surface area contributed by atoms with E-state index in [2.05, 4.69) is 5.32 Å². The summed E-state index contributed by atoms with van der Waals surface area (Å²) in [7, 11) is 3.06. The molecule has 1 N–H and O–H groups in total. The van der Waals surface area contributed by atoms with Gasteiger partial charge in [-0.2, -0.15) is 0 Å². The molecule has 6 nitrogen and oxygen atoms in total. The second kappa shape index (κ2) is 6.26. The molecule has 4 aliphatic rings. The van der Waals surface area contributed by atoms with Crippen LogP contribution in [0.4, 0.5) is 5.69 Å². The van der Waals surface area contributed by atoms with Crippen LogP contribution in [-0.2, 0) is 29.3 Å². The third-order valence-corrected chi connectivity index (χ3v) is 7.96. The molecule has 152 valence electrons. The molecule has 1 spiro atoms. The highest BCUT2D eigenvalue weighted by molar-refractivity contribution is 6.07. The number of allylic oxidation sites excluding steroid dienone is 1. The van der Waals surface area contributed by atoms with Crippen molar-refractivity contribution >= 4 is 23.3 Å². The Labute approximate surface area is 169 Å². The number of nitrogens with one attached hydrogen (secondary N) is 1. The second-order valence-electron chi connectivity index (χ2n) is 8.80. The third-order valence-electron chi connectivity index (χ3n) is 7.96. The Morgan fingerprint density at radius 3 is 2.72 bits per heavy atom. The number of carbonyl (C=O) groups is 3. The first-order valence-electron chi connectivity index (χ1n) is 10.2. The van der Waals surface area contributed by atoms with Crippen molar-refractivity contribution in [2.75, 3.05) is 19.5 Å². The molecule has 2 saturated carbocycles. The topological polar surface area (TPSA) is 81.7 Å². The molecule has 3 aliphatic carbocycles. The normalized spacial score (nSPS) is 39.7. The standard InChI is InChI=1S/C23H25NO5/c1-28-20(26)14-12-23(15-5-3-4-6-18(15)24-21(23)27)16-8-10-22(29-2)9-7-13(25)11-17(22)19(14)16/h3-7,9,14,16-17,19H,8,10-12H2,1-2H3,(H,24,27)/t14-,16-,17+,19?,22+,23+/m1/s1. The van der Waals surface area contributed by atoms with Gasteiger partial charge in [-0.1, -0.05) is 18.2 Å². The smallest absolute Gasteiger partial charge is 0.309 e. The maximum absolute atomic E-state index is 13.4. The van der Waals surface area contributed by atoms with E-state index in [0.717, 1.165) is 24.1 Å². The van der Waals surface area contributed by atoms with E-state index in [-0.39, 0.29) is 35.4 Å². The van der Waals surface area contributed by atoms with Crippen LogP contribution in [0.2, 0.25) is 0 Å². The Kier molecular flexibility index (Phi) is 4.01. The van der Waals surface area contributed by atoms with Crippen molar-refractivity contribution in [3.63, 3.8) is 0 Å². The largest absolute Gasteiger partial charge is 0.469 e. The van der Waals surface area contributed by atoms with Crippen molar-refractivity contribution < 1.29 is 23.9 Å². The van der Waals surface area contributed by atoms with Crippen molar-refractivity contribution in [3.05, 3.63) is 42.0 Å². The summed E-state index contributed by atoms with van der Waals surface area (Å²) in [6.45, 7) is 0. The minimum absolute atomic E-state index is 0.0391. The molecular formula is C23H25NO5. The Hall–Kier alpha value is -2.47. The molecule has 1 aromatic rings. The van der Waals surface area contributed by atoms with Gasteiger partial charge in [0.1, 0.15) is 0 Å². The molecule has 1 unspecified atom stereocenters. The van der Waals surface area contributed by atoms with Crippen molar-refractivity contribution in [1.82, 2.24) is 0 Å². The first-order valence-corrected chi connectivity index (χ1v) is 10.2. The fourth-order valence-corrected chi connectivity index (χ4v) is 6.79. The predicted octanol–water partition coefficient (Wildman–Crippen LogP) is 2.63. The Morgan fingerprint density at radius 2 is 1.97 bits per heavy atom. The molecular weight excluding hydrogens is 370 g/mol. The lowest BCUT2D eigenvalue weighted by Gasteiger charge is -2.51. The number of para-hydroxylation sites is 1. The van der Waals surface area contributed by atoms with Gasteiger partial charge < -0.3 is 14.8 Å². The maximum atomic E-state index is 13.4. The summed E-state index contributed by atoms with van der Waals surface area (Å²) in [5, 5.41) is 3.04.